The normalized spacial score (nSPS) is 12.0. The molecule has 3 aromatic heterocycles. The van der Waals surface area contributed by atoms with E-state index < -0.39 is 0 Å². The molecule has 0 radical (unpaired) electrons. The number of benzene rings is 8. The van der Waals surface area contributed by atoms with Crippen LogP contribution in [0.3, 0.4) is 0 Å². The summed E-state index contributed by atoms with van der Waals surface area (Å²) in [6.07, 6.45) is 0. The Labute approximate surface area is 333 Å². The van der Waals surface area contributed by atoms with Gasteiger partial charge in [-0.05, 0) is 47.2 Å². The molecule has 3 heterocycles. The van der Waals surface area contributed by atoms with Gasteiger partial charge in [-0.25, -0.2) is 4.99 Å². The third-order valence-electron chi connectivity index (χ3n) is 10.9. The van der Waals surface area contributed by atoms with Crippen LogP contribution in [-0.2, 0) is 0 Å². The van der Waals surface area contributed by atoms with Crippen LogP contribution in [-0.4, -0.2) is 10.3 Å². The summed E-state index contributed by atoms with van der Waals surface area (Å²) in [6.45, 7) is 10.9. The van der Waals surface area contributed by atoms with Gasteiger partial charge in [-0.2, -0.15) is 0 Å². The Kier molecular flexibility index (Phi) is 8.40. The minimum Gasteiger partial charge on any atom is -0.294 e. The van der Waals surface area contributed by atoms with Gasteiger partial charge in [0.15, 0.2) is 0 Å². The average Bonchev–Trinajstić information content (AvgIpc) is 3.94. The number of thiophene rings is 2. The molecular weight excluding hydrogens is 717 g/mol. The number of aryl methyl sites for hydroxylation is 1. The van der Waals surface area contributed by atoms with Crippen LogP contribution in [0.25, 0.3) is 89.9 Å². The molecule has 8 aromatic carbocycles. The van der Waals surface area contributed by atoms with E-state index in [9.17, 15) is 0 Å². The summed E-state index contributed by atoms with van der Waals surface area (Å²) >= 11 is 3.73. The molecule has 0 aliphatic carbocycles. The Hall–Kier alpha value is -6.33. The van der Waals surface area contributed by atoms with Crippen molar-refractivity contribution in [1.82, 2.24) is 4.57 Å². The third-order valence-corrected chi connectivity index (χ3v) is 13.4. The molecule has 11 rings (SSSR count). The zero-order chi connectivity index (χ0) is 37.9. The summed E-state index contributed by atoms with van der Waals surface area (Å²) < 4.78 is 7.52. The minimum absolute atomic E-state index is 0.684. The standard InChI is InChI=1S/C50H32N2S2.C2H6/c1-30-12-3-4-13-35(30)47(34-24-22-32(23-25-34)36-17-11-18-41-38-15-6-9-20-44(38)53-49(36)41)51-31(2)52-43-19-8-5-14-37(43)40-28-26-33-27-29-42-39-16-7-10-21-45(39)54-50(42)46(33)48(40)52;1-2/h3-29H,2H2,1H3;1-2H3/b51-47-;. The maximum Gasteiger partial charge on any atom is 0.131 e. The smallest absolute Gasteiger partial charge is 0.131 e. The molecule has 11 aromatic rings. The van der Waals surface area contributed by atoms with Gasteiger partial charge in [0, 0.05) is 67.6 Å². The van der Waals surface area contributed by atoms with Crippen molar-refractivity contribution in [2.75, 3.05) is 0 Å². The van der Waals surface area contributed by atoms with Gasteiger partial charge in [0.25, 0.3) is 0 Å². The van der Waals surface area contributed by atoms with Crippen molar-refractivity contribution in [3.8, 4) is 11.1 Å². The van der Waals surface area contributed by atoms with E-state index in [4.69, 9.17) is 11.6 Å². The Morgan fingerprint density at radius 1 is 0.536 bits per heavy atom. The molecule has 0 unspecified atom stereocenters. The van der Waals surface area contributed by atoms with Crippen LogP contribution in [0.5, 0.6) is 0 Å². The second kappa shape index (κ2) is 13.8. The van der Waals surface area contributed by atoms with E-state index in [1.54, 1.807) is 0 Å². The molecule has 0 saturated carbocycles. The van der Waals surface area contributed by atoms with Crippen molar-refractivity contribution in [3.63, 3.8) is 0 Å². The molecule has 0 bridgehead atoms. The number of aromatic nitrogens is 1. The predicted octanol–water partition coefficient (Wildman–Crippen LogP) is 15.7. The summed E-state index contributed by atoms with van der Waals surface area (Å²) in [5, 5.41) is 10.1. The van der Waals surface area contributed by atoms with E-state index in [0.29, 0.717) is 5.82 Å². The van der Waals surface area contributed by atoms with Crippen LogP contribution in [0.1, 0.15) is 30.5 Å². The number of nitrogens with zero attached hydrogens (tertiary/aromatic N) is 2. The third kappa shape index (κ3) is 5.32. The molecule has 0 spiro atoms. The fraction of sp³-hybridized carbons (Fsp3) is 0.0577. The molecule has 2 nitrogen and oxygen atoms in total. The van der Waals surface area contributed by atoms with E-state index in [0.717, 1.165) is 27.9 Å². The van der Waals surface area contributed by atoms with Gasteiger partial charge in [-0.15, -0.1) is 22.7 Å². The summed E-state index contributed by atoms with van der Waals surface area (Å²) in [5.74, 6) is 0.684. The Morgan fingerprint density at radius 3 is 1.86 bits per heavy atom. The molecule has 0 fully saturated rings. The number of fused-ring (bicyclic) bond motifs is 12. The van der Waals surface area contributed by atoms with Crippen molar-refractivity contribution in [1.29, 1.82) is 0 Å². The molecule has 0 amide bonds. The second-order valence-corrected chi connectivity index (χ2v) is 16.1. The highest BCUT2D eigenvalue weighted by Crippen LogP contribution is 2.44. The number of hydrogen-bond donors (Lipinski definition) is 0. The minimum atomic E-state index is 0.684. The van der Waals surface area contributed by atoms with Crippen molar-refractivity contribution < 1.29 is 0 Å². The lowest BCUT2D eigenvalue weighted by Crippen LogP contribution is -2.07. The second-order valence-electron chi connectivity index (χ2n) is 14.0. The van der Waals surface area contributed by atoms with E-state index in [1.165, 1.54) is 78.6 Å². The molecule has 0 N–H and O–H groups in total. The van der Waals surface area contributed by atoms with Crippen LogP contribution >= 0.6 is 22.7 Å². The van der Waals surface area contributed by atoms with E-state index >= 15 is 0 Å². The van der Waals surface area contributed by atoms with Crippen molar-refractivity contribution >= 4 is 107 Å². The van der Waals surface area contributed by atoms with Crippen LogP contribution in [0.15, 0.2) is 175 Å². The number of para-hydroxylation sites is 1. The van der Waals surface area contributed by atoms with Gasteiger partial charge >= 0.3 is 0 Å². The molecule has 268 valence electrons. The largest absolute Gasteiger partial charge is 0.294 e. The Morgan fingerprint density at radius 2 is 1.12 bits per heavy atom. The van der Waals surface area contributed by atoms with Crippen molar-refractivity contribution in [2.24, 2.45) is 4.99 Å². The Balaban J connectivity index is 0.00000189. The molecule has 0 aliphatic heterocycles. The SMILES string of the molecule is C=C(/N=C(/c1ccc(-c2cccc3c2sc2ccccc23)cc1)c1ccccc1C)n1c2ccccc2c2ccc3ccc4c5ccccc5sc4c3c21.CC. The fourth-order valence-corrected chi connectivity index (χ4v) is 10.9. The topological polar surface area (TPSA) is 17.3 Å². The van der Waals surface area contributed by atoms with Gasteiger partial charge in [0.2, 0.25) is 0 Å². The lowest BCUT2D eigenvalue weighted by Gasteiger charge is -2.15. The first kappa shape index (κ1) is 34.2. The number of rotatable bonds is 5. The fourth-order valence-electron chi connectivity index (χ4n) is 8.39. The predicted molar refractivity (Wildman–Crippen MR) is 248 cm³/mol. The van der Waals surface area contributed by atoms with Gasteiger partial charge in [0.1, 0.15) is 5.82 Å². The maximum atomic E-state index is 5.52. The highest BCUT2D eigenvalue weighted by atomic mass is 32.1. The first-order valence-electron chi connectivity index (χ1n) is 19.2. The lowest BCUT2D eigenvalue weighted by atomic mass is 9.95. The number of aliphatic imine (C=N–C) groups is 1. The van der Waals surface area contributed by atoms with E-state index in [2.05, 4.69) is 175 Å². The van der Waals surface area contributed by atoms with Crippen LogP contribution in [0.2, 0.25) is 0 Å². The summed E-state index contributed by atoms with van der Waals surface area (Å²) in [4.78, 5) is 5.52. The lowest BCUT2D eigenvalue weighted by molar-refractivity contribution is 1.19. The van der Waals surface area contributed by atoms with Gasteiger partial charge < -0.3 is 0 Å². The monoisotopic (exact) mass is 754 g/mol. The average molecular weight is 755 g/mol. The van der Waals surface area contributed by atoms with E-state index in [-0.39, 0.29) is 0 Å². The van der Waals surface area contributed by atoms with Crippen LogP contribution < -0.4 is 0 Å². The molecule has 0 aliphatic rings. The molecule has 0 saturated heterocycles. The molecular formula is C52H38N2S2. The van der Waals surface area contributed by atoms with Crippen molar-refractivity contribution in [3.05, 3.63) is 187 Å². The summed E-state index contributed by atoms with van der Waals surface area (Å²) in [6, 6.07) is 59.3. The number of hydrogen-bond acceptors (Lipinski definition) is 3. The molecule has 56 heavy (non-hydrogen) atoms. The van der Waals surface area contributed by atoms with Gasteiger partial charge in [0.05, 0.1) is 16.7 Å². The van der Waals surface area contributed by atoms with Crippen molar-refractivity contribution in [2.45, 2.75) is 20.8 Å². The summed E-state index contributed by atoms with van der Waals surface area (Å²) in [5.41, 5.74) is 8.92. The highest BCUT2D eigenvalue weighted by molar-refractivity contribution is 7.27. The van der Waals surface area contributed by atoms with Crippen LogP contribution in [0.4, 0.5) is 0 Å². The van der Waals surface area contributed by atoms with Gasteiger partial charge in [-0.3, -0.25) is 4.57 Å². The maximum absolute atomic E-state index is 5.52. The first-order valence-corrected chi connectivity index (χ1v) is 20.9. The van der Waals surface area contributed by atoms with Crippen LogP contribution in [0, 0.1) is 6.92 Å². The van der Waals surface area contributed by atoms with E-state index in [1.807, 2.05) is 36.5 Å². The zero-order valence-electron chi connectivity index (χ0n) is 31.5. The molecule has 4 heteroatoms. The zero-order valence-corrected chi connectivity index (χ0v) is 33.1. The summed E-state index contributed by atoms with van der Waals surface area (Å²) in [7, 11) is 0. The Bertz CT molecular complexity index is 3350. The first-order chi connectivity index (χ1) is 27.6. The van der Waals surface area contributed by atoms with Gasteiger partial charge in [-0.1, -0.05) is 166 Å². The highest BCUT2D eigenvalue weighted by Gasteiger charge is 2.20. The molecule has 0 atom stereocenters. The quantitative estimate of drug-likeness (QED) is 0.156.